The van der Waals surface area contributed by atoms with Crippen LogP contribution in [0.2, 0.25) is 5.02 Å². The molecule has 0 spiro atoms. The van der Waals surface area contributed by atoms with Gasteiger partial charge in [-0.25, -0.2) is 0 Å². The van der Waals surface area contributed by atoms with Gasteiger partial charge in [-0.05, 0) is 49.4 Å². The van der Waals surface area contributed by atoms with Gasteiger partial charge in [-0.2, -0.15) is 5.26 Å². The zero-order valence-corrected chi connectivity index (χ0v) is 14.0. The van der Waals surface area contributed by atoms with Crippen molar-refractivity contribution in [3.05, 3.63) is 34.3 Å². The summed E-state index contributed by atoms with van der Waals surface area (Å²) in [7, 11) is 0. The fourth-order valence-electron chi connectivity index (χ4n) is 2.62. The second kappa shape index (κ2) is 7.82. The summed E-state index contributed by atoms with van der Waals surface area (Å²) in [6.45, 7) is 2.10. The van der Waals surface area contributed by atoms with E-state index in [9.17, 15) is 10.1 Å². The number of rotatable bonds is 5. The van der Waals surface area contributed by atoms with Gasteiger partial charge in [-0.3, -0.25) is 4.79 Å². The largest absolute Gasteiger partial charge is 0.466 e. The molecule has 6 heteroatoms. The molecule has 1 aromatic rings. The Morgan fingerprint density at radius 2 is 2.18 bits per heavy atom. The Labute approximate surface area is 142 Å². The first-order valence-corrected chi connectivity index (χ1v) is 7.52. The van der Waals surface area contributed by atoms with E-state index >= 15 is 0 Å². The van der Waals surface area contributed by atoms with Crippen LogP contribution in [0.15, 0.2) is 18.2 Å². The third-order valence-corrected chi connectivity index (χ3v) is 4.23. The summed E-state index contributed by atoms with van der Waals surface area (Å²) in [5.74, 6) is -0.329. The van der Waals surface area contributed by atoms with Crippen LogP contribution in [-0.2, 0) is 14.9 Å². The van der Waals surface area contributed by atoms with Crippen LogP contribution in [0.5, 0.6) is 0 Å². The molecule has 0 radical (unpaired) electrons. The van der Waals surface area contributed by atoms with Crippen molar-refractivity contribution in [3.8, 4) is 6.07 Å². The van der Waals surface area contributed by atoms with Gasteiger partial charge in [0.1, 0.15) is 0 Å². The number of benzene rings is 1. The number of nitriles is 1. The number of nitrogens with two attached hydrogens (primary N) is 1. The molecule has 2 rings (SSSR count). The first-order valence-electron chi connectivity index (χ1n) is 7.14. The third kappa shape index (κ3) is 3.92. The van der Waals surface area contributed by atoms with Crippen molar-refractivity contribution in [1.29, 1.82) is 5.26 Å². The zero-order valence-electron chi connectivity index (χ0n) is 12.5. The quantitative estimate of drug-likeness (QED) is 0.828. The van der Waals surface area contributed by atoms with E-state index in [2.05, 4.69) is 6.07 Å². The Balaban J connectivity index is 0.00000242. The van der Waals surface area contributed by atoms with E-state index in [0.717, 1.165) is 30.4 Å². The summed E-state index contributed by atoms with van der Waals surface area (Å²) < 4.78 is 4.91. The maximum absolute atomic E-state index is 11.5. The third-order valence-electron chi connectivity index (χ3n) is 4.01. The zero-order chi connectivity index (χ0) is 15.5. The van der Waals surface area contributed by atoms with Crippen molar-refractivity contribution < 1.29 is 9.53 Å². The Bertz CT molecular complexity index is 580. The standard InChI is InChI=1S/C16H19ClN2O2.ClH/c1-2-21-15(20)9-14(19)11-6-12(8-13(17)7-11)16(10-18)4-3-5-16;/h6-8,14H,2-5,9,19H2,1H3;1H/t14-;/m0./s1. The number of halogens is 2. The normalized spacial score (nSPS) is 16.6. The summed E-state index contributed by atoms with van der Waals surface area (Å²) in [6.07, 6.45) is 2.84. The summed E-state index contributed by atoms with van der Waals surface area (Å²) in [6, 6.07) is 7.39. The summed E-state index contributed by atoms with van der Waals surface area (Å²) in [5, 5.41) is 9.97. The minimum Gasteiger partial charge on any atom is -0.466 e. The van der Waals surface area contributed by atoms with Crippen molar-refractivity contribution in [3.63, 3.8) is 0 Å². The van der Waals surface area contributed by atoms with Gasteiger partial charge >= 0.3 is 5.97 Å². The Morgan fingerprint density at radius 3 is 2.68 bits per heavy atom. The molecule has 0 aromatic heterocycles. The van der Waals surface area contributed by atoms with E-state index in [4.69, 9.17) is 22.1 Å². The number of ether oxygens (including phenoxy) is 1. The summed E-state index contributed by atoms with van der Waals surface area (Å²) in [5.41, 5.74) is 7.30. The number of hydrogen-bond acceptors (Lipinski definition) is 4. The Hall–Kier alpha value is -1.28. The lowest BCUT2D eigenvalue weighted by atomic mass is 9.65. The number of nitrogens with zero attached hydrogens (tertiary/aromatic N) is 1. The predicted octanol–water partition coefficient (Wildman–Crippen LogP) is 3.66. The second-order valence-corrected chi connectivity index (χ2v) is 5.87. The van der Waals surface area contributed by atoms with Crippen LogP contribution < -0.4 is 5.73 Å². The summed E-state index contributed by atoms with van der Waals surface area (Å²) >= 11 is 6.15. The average molecular weight is 343 g/mol. The number of carbonyl (C=O) groups is 1. The van der Waals surface area contributed by atoms with Gasteiger partial charge in [0.15, 0.2) is 0 Å². The highest BCUT2D eigenvalue weighted by Crippen LogP contribution is 2.44. The Kier molecular flexibility index (Phi) is 6.67. The van der Waals surface area contributed by atoms with E-state index in [0.29, 0.717) is 11.6 Å². The van der Waals surface area contributed by atoms with Crippen molar-refractivity contribution in [2.45, 2.75) is 44.1 Å². The predicted molar refractivity (Wildman–Crippen MR) is 88.0 cm³/mol. The topological polar surface area (TPSA) is 76.1 Å². The van der Waals surface area contributed by atoms with E-state index < -0.39 is 11.5 Å². The van der Waals surface area contributed by atoms with Crippen LogP contribution in [0.3, 0.4) is 0 Å². The van der Waals surface area contributed by atoms with Gasteiger partial charge in [0.25, 0.3) is 0 Å². The average Bonchev–Trinajstić information content (AvgIpc) is 2.37. The van der Waals surface area contributed by atoms with Crippen LogP contribution in [0.4, 0.5) is 0 Å². The lowest BCUT2D eigenvalue weighted by Crippen LogP contribution is -2.32. The highest BCUT2D eigenvalue weighted by molar-refractivity contribution is 6.30. The molecule has 22 heavy (non-hydrogen) atoms. The molecule has 0 unspecified atom stereocenters. The highest BCUT2D eigenvalue weighted by atomic mass is 35.5. The number of carbonyl (C=O) groups excluding carboxylic acids is 1. The molecule has 1 atom stereocenters. The van der Waals surface area contributed by atoms with Crippen LogP contribution in [0.25, 0.3) is 0 Å². The molecular weight excluding hydrogens is 323 g/mol. The molecule has 0 heterocycles. The molecular formula is C16H20Cl2N2O2. The molecule has 1 saturated carbocycles. The first kappa shape index (κ1) is 18.8. The molecule has 120 valence electrons. The van der Waals surface area contributed by atoms with Crippen molar-refractivity contribution in [2.24, 2.45) is 5.73 Å². The van der Waals surface area contributed by atoms with Crippen molar-refractivity contribution in [2.75, 3.05) is 6.61 Å². The van der Waals surface area contributed by atoms with Gasteiger partial charge in [-0.15, -0.1) is 12.4 Å². The smallest absolute Gasteiger partial charge is 0.307 e. The molecule has 4 nitrogen and oxygen atoms in total. The van der Waals surface area contributed by atoms with Gasteiger partial charge in [0.2, 0.25) is 0 Å². The fraction of sp³-hybridized carbons (Fsp3) is 0.500. The second-order valence-electron chi connectivity index (χ2n) is 5.44. The van der Waals surface area contributed by atoms with E-state index in [-0.39, 0.29) is 24.8 Å². The van der Waals surface area contributed by atoms with Gasteiger partial charge < -0.3 is 10.5 Å². The molecule has 1 aromatic carbocycles. The SMILES string of the molecule is CCOC(=O)C[C@H](N)c1cc(Cl)cc(C2(C#N)CCC2)c1.Cl. The van der Waals surface area contributed by atoms with E-state index in [1.165, 1.54) is 0 Å². The fourth-order valence-corrected chi connectivity index (χ4v) is 2.86. The highest BCUT2D eigenvalue weighted by Gasteiger charge is 2.39. The first-order chi connectivity index (χ1) is 10.0. The molecule has 1 aliphatic rings. The molecule has 0 saturated heterocycles. The van der Waals surface area contributed by atoms with Crippen LogP contribution in [0.1, 0.15) is 49.8 Å². The van der Waals surface area contributed by atoms with Gasteiger partial charge in [-0.1, -0.05) is 17.7 Å². The maximum Gasteiger partial charge on any atom is 0.307 e. The van der Waals surface area contributed by atoms with Gasteiger partial charge in [0, 0.05) is 11.1 Å². The summed E-state index contributed by atoms with van der Waals surface area (Å²) in [4.78, 5) is 11.5. The van der Waals surface area contributed by atoms with Crippen LogP contribution >= 0.6 is 24.0 Å². The van der Waals surface area contributed by atoms with Crippen LogP contribution in [-0.4, -0.2) is 12.6 Å². The maximum atomic E-state index is 11.5. The lowest BCUT2D eigenvalue weighted by Gasteiger charge is -2.36. The molecule has 1 aliphatic carbocycles. The van der Waals surface area contributed by atoms with E-state index in [1.807, 2.05) is 12.1 Å². The monoisotopic (exact) mass is 342 g/mol. The molecule has 0 aliphatic heterocycles. The van der Waals surface area contributed by atoms with E-state index in [1.54, 1.807) is 13.0 Å². The Morgan fingerprint density at radius 1 is 1.50 bits per heavy atom. The van der Waals surface area contributed by atoms with Crippen LogP contribution in [0, 0.1) is 11.3 Å². The van der Waals surface area contributed by atoms with Crippen molar-refractivity contribution in [1.82, 2.24) is 0 Å². The minimum atomic E-state index is -0.475. The lowest BCUT2D eigenvalue weighted by molar-refractivity contribution is -0.143. The minimum absolute atomic E-state index is 0. The molecule has 2 N–H and O–H groups in total. The van der Waals surface area contributed by atoms with Gasteiger partial charge in [0.05, 0.1) is 24.5 Å². The molecule has 0 amide bonds. The molecule has 1 fully saturated rings. The molecule has 0 bridgehead atoms. The number of hydrogen-bond donors (Lipinski definition) is 1. The number of esters is 1. The van der Waals surface area contributed by atoms with Crippen molar-refractivity contribution >= 4 is 30.0 Å².